The number of benzene rings is 1. The predicted molar refractivity (Wildman–Crippen MR) is 107 cm³/mol. The SMILES string of the molecule is CC(=O)N1C[C@H]2CN(Cc3ccn4ncnc4c3)C[C@H]2[C@H]1c1ccccc1C. The molecule has 5 rings (SSSR count). The molecule has 0 N–H and O–H groups in total. The van der Waals surface area contributed by atoms with Gasteiger partial charge in [0.2, 0.25) is 5.91 Å². The van der Waals surface area contributed by atoms with Gasteiger partial charge in [-0.15, -0.1) is 0 Å². The lowest BCUT2D eigenvalue weighted by Crippen LogP contribution is -2.34. The molecule has 6 heteroatoms. The van der Waals surface area contributed by atoms with E-state index in [2.05, 4.69) is 63.2 Å². The highest BCUT2D eigenvalue weighted by Crippen LogP contribution is 2.46. The minimum atomic E-state index is 0.187. The molecule has 2 aromatic heterocycles. The van der Waals surface area contributed by atoms with Gasteiger partial charge in [-0.25, -0.2) is 9.50 Å². The maximum Gasteiger partial charge on any atom is 0.219 e. The molecule has 144 valence electrons. The van der Waals surface area contributed by atoms with Gasteiger partial charge in [-0.2, -0.15) is 5.10 Å². The van der Waals surface area contributed by atoms with Gasteiger partial charge in [-0.05, 0) is 41.7 Å². The second kappa shape index (κ2) is 6.71. The lowest BCUT2D eigenvalue weighted by molar-refractivity contribution is -0.130. The normalized spacial score (nSPS) is 24.8. The van der Waals surface area contributed by atoms with Crippen molar-refractivity contribution in [3.8, 4) is 0 Å². The third-order valence-electron chi connectivity index (χ3n) is 6.40. The van der Waals surface area contributed by atoms with E-state index >= 15 is 0 Å². The highest BCUT2D eigenvalue weighted by Gasteiger charge is 2.48. The van der Waals surface area contributed by atoms with Crippen LogP contribution in [0.3, 0.4) is 0 Å². The van der Waals surface area contributed by atoms with Crippen molar-refractivity contribution >= 4 is 11.6 Å². The van der Waals surface area contributed by atoms with E-state index < -0.39 is 0 Å². The number of likely N-dealkylation sites (tertiary alicyclic amines) is 2. The summed E-state index contributed by atoms with van der Waals surface area (Å²) in [5.74, 6) is 1.21. The van der Waals surface area contributed by atoms with Crippen LogP contribution < -0.4 is 0 Å². The summed E-state index contributed by atoms with van der Waals surface area (Å²) in [6.45, 7) is 7.69. The van der Waals surface area contributed by atoms with Crippen molar-refractivity contribution < 1.29 is 4.79 Å². The zero-order valence-corrected chi connectivity index (χ0v) is 16.3. The van der Waals surface area contributed by atoms with Gasteiger partial charge in [0.15, 0.2) is 5.65 Å². The zero-order valence-electron chi connectivity index (χ0n) is 16.3. The van der Waals surface area contributed by atoms with E-state index in [1.54, 1.807) is 17.8 Å². The summed E-state index contributed by atoms with van der Waals surface area (Å²) < 4.78 is 1.79. The van der Waals surface area contributed by atoms with Crippen LogP contribution in [0.25, 0.3) is 5.65 Å². The minimum Gasteiger partial charge on any atom is -0.335 e. The van der Waals surface area contributed by atoms with Gasteiger partial charge >= 0.3 is 0 Å². The van der Waals surface area contributed by atoms with Crippen LogP contribution in [0.5, 0.6) is 0 Å². The highest BCUT2D eigenvalue weighted by molar-refractivity contribution is 5.74. The topological polar surface area (TPSA) is 53.7 Å². The number of fused-ring (bicyclic) bond motifs is 2. The van der Waals surface area contributed by atoms with Crippen LogP contribution in [0.1, 0.15) is 29.7 Å². The number of aromatic nitrogens is 3. The second-order valence-corrected chi connectivity index (χ2v) is 8.19. The van der Waals surface area contributed by atoms with E-state index in [-0.39, 0.29) is 11.9 Å². The number of carbonyl (C=O) groups is 1. The molecule has 0 unspecified atom stereocenters. The zero-order chi connectivity index (χ0) is 19.3. The number of hydrogen-bond donors (Lipinski definition) is 0. The first-order valence-corrected chi connectivity index (χ1v) is 9.93. The number of aryl methyl sites for hydroxylation is 1. The Morgan fingerprint density at radius 3 is 2.86 bits per heavy atom. The molecule has 0 aliphatic carbocycles. The fraction of sp³-hybridized carbons (Fsp3) is 0.409. The van der Waals surface area contributed by atoms with Crippen LogP contribution in [0.2, 0.25) is 0 Å². The van der Waals surface area contributed by atoms with Gasteiger partial charge in [0.1, 0.15) is 6.33 Å². The second-order valence-electron chi connectivity index (χ2n) is 8.19. The molecule has 0 spiro atoms. The average Bonchev–Trinajstić information content (AvgIpc) is 3.36. The van der Waals surface area contributed by atoms with E-state index in [1.165, 1.54) is 16.7 Å². The van der Waals surface area contributed by atoms with Gasteiger partial charge in [0.05, 0.1) is 6.04 Å². The molecular formula is C22H25N5O. The van der Waals surface area contributed by atoms with Crippen LogP contribution in [-0.4, -0.2) is 49.9 Å². The van der Waals surface area contributed by atoms with Crippen molar-refractivity contribution in [2.75, 3.05) is 19.6 Å². The molecule has 2 saturated heterocycles. The van der Waals surface area contributed by atoms with Gasteiger partial charge in [-0.3, -0.25) is 9.69 Å². The monoisotopic (exact) mass is 375 g/mol. The number of amides is 1. The van der Waals surface area contributed by atoms with Crippen molar-refractivity contribution in [1.82, 2.24) is 24.4 Å². The molecule has 0 radical (unpaired) electrons. The first-order valence-electron chi connectivity index (χ1n) is 9.93. The Morgan fingerprint density at radius 2 is 2.04 bits per heavy atom. The van der Waals surface area contributed by atoms with Crippen molar-refractivity contribution in [3.05, 3.63) is 65.6 Å². The third-order valence-corrected chi connectivity index (χ3v) is 6.40. The van der Waals surface area contributed by atoms with Crippen LogP contribution in [0, 0.1) is 18.8 Å². The summed E-state index contributed by atoms with van der Waals surface area (Å²) in [6, 6.07) is 12.9. The molecule has 2 aliphatic heterocycles. The summed E-state index contributed by atoms with van der Waals surface area (Å²) >= 11 is 0. The number of rotatable bonds is 3. The lowest BCUT2D eigenvalue weighted by Gasteiger charge is -2.30. The number of nitrogens with zero attached hydrogens (tertiary/aromatic N) is 5. The Labute approximate surface area is 164 Å². The summed E-state index contributed by atoms with van der Waals surface area (Å²) in [5.41, 5.74) is 4.72. The van der Waals surface area contributed by atoms with Gasteiger partial charge in [-0.1, -0.05) is 24.3 Å². The maximum absolute atomic E-state index is 12.3. The summed E-state index contributed by atoms with van der Waals surface area (Å²) in [6.07, 6.45) is 3.56. The molecule has 2 aliphatic rings. The fourth-order valence-electron chi connectivity index (χ4n) is 5.12. The van der Waals surface area contributed by atoms with Gasteiger partial charge < -0.3 is 4.90 Å². The van der Waals surface area contributed by atoms with Crippen molar-refractivity contribution in [2.24, 2.45) is 11.8 Å². The standard InChI is InChI=1S/C22H25N5O/c1-15-5-3-4-6-19(15)22-20-13-25(11-18(20)12-26(22)16(2)28)10-17-7-8-27-21(9-17)23-14-24-27/h3-9,14,18,20,22H,10-13H2,1-2H3/t18-,20-,22-/m1/s1. The van der Waals surface area contributed by atoms with E-state index in [4.69, 9.17) is 0 Å². The minimum absolute atomic E-state index is 0.187. The third kappa shape index (κ3) is 2.88. The van der Waals surface area contributed by atoms with Gasteiger partial charge in [0, 0.05) is 45.2 Å². The molecule has 1 amide bonds. The predicted octanol–water partition coefficient (Wildman–Crippen LogP) is 2.69. The quantitative estimate of drug-likeness (QED) is 0.706. The first kappa shape index (κ1) is 17.4. The van der Waals surface area contributed by atoms with Crippen LogP contribution in [0.4, 0.5) is 0 Å². The molecular weight excluding hydrogens is 350 g/mol. The smallest absolute Gasteiger partial charge is 0.219 e. The van der Waals surface area contributed by atoms with E-state index in [0.717, 1.165) is 31.8 Å². The lowest BCUT2D eigenvalue weighted by atomic mass is 9.87. The Bertz CT molecular complexity index is 1030. The summed E-state index contributed by atoms with van der Waals surface area (Å²) in [7, 11) is 0. The molecule has 3 atom stereocenters. The highest BCUT2D eigenvalue weighted by atomic mass is 16.2. The Balaban J connectivity index is 1.38. The van der Waals surface area contributed by atoms with Crippen LogP contribution in [0.15, 0.2) is 48.9 Å². The maximum atomic E-state index is 12.3. The van der Waals surface area contributed by atoms with Crippen molar-refractivity contribution in [3.63, 3.8) is 0 Å². The Morgan fingerprint density at radius 1 is 1.18 bits per heavy atom. The molecule has 0 saturated carbocycles. The summed E-state index contributed by atoms with van der Waals surface area (Å²) in [5, 5.41) is 4.17. The van der Waals surface area contributed by atoms with Crippen molar-refractivity contribution in [2.45, 2.75) is 26.4 Å². The van der Waals surface area contributed by atoms with E-state index in [1.807, 2.05) is 6.20 Å². The Kier molecular flexibility index (Phi) is 4.16. The molecule has 0 bridgehead atoms. The van der Waals surface area contributed by atoms with Crippen molar-refractivity contribution in [1.29, 1.82) is 0 Å². The molecule has 6 nitrogen and oxygen atoms in total. The largest absolute Gasteiger partial charge is 0.335 e. The van der Waals surface area contributed by atoms with Crippen LogP contribution in [-0.2, 0) is 11.3 Å². The summed E-state index contributed by atoms with van der Waals surface area (Å²) in [4.78, 5) is 21.3. The average molecular weight is 375 g/mol. The fourth-order valence-corrected chi connectivity index (χ4v) is 5.12. The van der Waals surface area contributed by atoms with Crippen LogP contribution >= 0.6 is 0 Å². The molecule has 3 aromatic rings. The van der Waals surface area contributed by atoms with E-state index in [9.17, 15) is 4.79 Å². The number of pyridine rings is 1. The number of hydrogen-bond acceptors (Lipinski definition) is 4. The molecule has 28 heavy (non-hydrogen) atoms. The molecule has 1 aromatic carbocycles. The first-order chi connectivity index (χ1) is 13.6. The van der Waals surface area contributed by atoms with Gasteiger partial charge in [0.25, 0.3) is 0 Å². The Hall–Kier alpha value is -2.73. The van der Waals surface area contributed by atoms with E-state index in [0.29, 0.717) is 11.8 Å². The molecule has 4 heterocycles. The molecule has 2 fully saturated rings. The number of carbonyl (C=O) groups excluding carboxylic acids is 1.